The summed E-state index contributed by atoms with van der Waals surface area (Å²) in [7, 11) is 6.88. The summed E-state index contributed by atoms with van der Waals surface area (Å²) in [6.45, 7) is 29.0. The molecular weight excluding hydrogens is 1350 g/mol. The topological polar surface area (TPSA) is 346 Å². The maximum Gasteiger partial charge on any atom is 0.248 e. The maximum atomic E-state index is 15.8. The van der Waals surface area contributed by atoms with Crippen molar-refractivity contribution in [3.8, 4) is 0 Å². The Morgan fingerprint density at radius 1 is 0.528 bits per heavy atom. The van der Waals surface area contributed by atoms with Gasteiger partial charge < -0.3 is 71.7 Å². The van der Waals surface area contributed by atoms with Gasteiger partial charge in [-0.05, 0) is 105 Å². The Hall–Kier alpha value is -8.49. The molecule has 27 nitrogen and oxygen atoms in total. The number of nitrogens with one attached hydrogen (secondary N) is 7. The van der Waals surface area contributed by atoms with Crippen LogP contribution in [0, 0.1) is 41.4 Å². The third-order valence-electron chi connectivity index (χ3n) is 20.7. The first-order valence-corrected chi connectivity index (χ1v) is 38.2. The molecular formula is C79H127N13O14. The van der Waals surface area contributed by atoms with Crippen LogP contribution in [-0.4, -0.2) is 238 Å². The molecule has 2 saturated heterocycles. The number of hydrogen-bond acceptors (Lipinski definition) is 14. The summed E-state index contributed by atoms with van der Waals surface area (Å²) in [4.78, 5) is 201. The minimum Gasteiger partial charge on any atom is -0.391 e. The molecule has 0 spiro atoms. The van der Waals surface area contributed by atoms with Crippen molar-refractivity contribution in [2.24, 2.45) is 41.4 Å². The van der Waals surface area contributed by atoms with Crippen molar-refractivity contribution in [3.05, 3.63) is 71.8 Å². The zero-order valence-electron chi connectivity index (χ0n) is 67.0. The molecule has 15 atom stereocenters. The van der Waals surface area contributed by atoms with Crippen LogP contribution in [0.15, 0.2) is 60.7 Å². The van der Waals surface area contributed by atoms with Gasteiger partial charge in [0, 0.05) is 61.2 Å². The summed E-state index contributed by atoms with van der Waals surface area (Å²) in [6.07, 6.45) is 1.18. The lowest BCUT2D eigenvalue weighted by molar-refractivity contribution is -0.151. The number of nitrogens with zero attached hydrogens (tertiary/aromatic N) is 6. The highest BCUT2D eigenvalue weighted by molar-refractivity contribution is 6.01. The first-order chi connectivity index (χ1) is 49.7. The monoisotopic (exact) mass is 1480 g/mol. The molecule has 0 radical (unpaired) electrons. The SMILES string of the molecule is CC[C@H](C)[C@@H]1NC(=O)[C@H](C(C)C)NC(=O)[C@H](Cc2ccccc2)N(C)C(=O)[C@H](C(C)C)NC(=O)[C@H](CC(C)C)N(C)C(=O)[C@H](C)NC(=O)C[C@@H](C(=O)N(C)[C@@H](Cc2ccccc2)C(=O)N(C)[C@@H](CC(C)C)C(=O)N[C@H](C(=O)N(C)[C@@H](CC(C)C)C(=O)N[C@H](C(=O)N2CCCCC2)[C@@H](C)CC)[C@@H](C)O)NC1=O. The summed E-state index contributed by atoms with van der Waals surface area (Å²) >= 11 is 0. The van der Waals surface area contributed by atoms with Gasteiger partial charge in [0.15, 0.2) is 0 Å². The van der Waals surface area contributed by atoms with Crippen LogP contribution in [0.4, 0.5) is 0 Å². The lowest BCUT2D eigenvalue weighted by atomic mass is 9.95. The molecule has 2 fully saturated rings. The molecule has 0 bridgehead atoms. The summed E-state index contributed by atoms with van der Waals surface area (Å²) < 4.78 is 0. The van der Waals surface area contributed by atoms with E-state index in [1.165, 1.54) is 63.8 Å². The zero-order chi connectivity index (χ0) is 79.9. The number of benzene rings is 2. The average molecular weight is 1480 g/mol. The van der Waals surface area contributed by atoms with Crippen molar-refractivity contribution in [1.82, 2.24) is 66.6 Å². The Morgan fingerprint density at radius 2 is 1.00 bits per heavy atom. The number of hydrogen-bond donors (Lipinski definition) is 8. The van der Waals surface area contributed by atoms with Crippen LogP contribution in [0.5, 0.6) is 0 Å². The molecule has 4 rings (SSSR count). The van der Waals surface area contributed by atoms with Crippen molar-refractivity contribution >= 4 is 76.8 Å². The van der Waals surface area contributed by atoms with E-state index in [0.29, 0.717) is 30.6 Å². The average Bonchev–Trinajstić information content (AvgIpc) is 0.817. The van der Waals surface area contributed by atoms with Gasteiger partial charge in [-0.25, -0.2) is 0 Å². The first kappa shape index (κ1) is 89.9. The van der Waals surface area contributed by atoms with E-state index in [1.54, 1.807) is 107 Å². The van der Waals surface area contributed by atoms with Gasteiger partial charge in [0.25, 0.3) is 0 Å². The van der Waals surface area contributed by atoms with E-state index in [4.69, 9.17) is 0 Å². The van der Waals surface area contributed by atoms with Crippen LogP contribution in [0.2, 0.25) is 0 Å². The second kappa shape index (κ2) is 42.2. The Balaban J connectivity index is 1.86. The Kier molecular flexibility index (Phi) is 35.8. The van der Waals surface area contributed by atoms with E-state index in [1.807, 2.05) is 55.4 Å². The van der Waals surface area contributed by atoms with E-state index in [0.717, 1.165) is 29.1 Å². The number of likely N-dealkylation sites (N-methyl/N-ethyl adjacent to an activating group) is 5. The normalized spacial score (nSPS) is 22.4. The first-order valence-electron chi connectivity index (χ1n) is 38.2. The summed E-state index contributed by atoms with van der Waals surface area (Å²) in [6, 6.07) is 1.28. The largest absolute Gasteiger partial charge is 0.391 e. The van der Waals surface area contributed by atoms with Gasteiger partial charge in [-0.1, -0.05) is 170 Å². The second-order valence-corrected chi connectivity index (χ2v) is 31.5. The zero-order valence-corrected chi connectivity index (χ0v) is 67.0. The summed E-state index contributed by atoms with van der Waals surface area (Å²) in [5.74, 6) is -12.4. The van der Waals surface area contributed by atoms with Gasteiger partial charge in [-0.3, -0.25) is 62.3 Å². The molecule has 592 valence electrons. The smallest absolute Gasteiger partial charge is 0.248 e. The highest BCUT2D eigenvalue weighted by atomic mass is 16.3. The van der Waals surface area contributed by atoms with Crippen LogP contribution in [0.3, 0.4) is 0 Å². The lowest BCUT2D eigenvalue weighted by Gasteiger charge is -2.38. The predicted molar refractivity (Wildman–Crippen MR) is 406 cm³/mol. The number of aliphatic hydroxyl groups is 1. The third-order valence-corrected chi connectivity index (χ3v) is 20.7. The number of aliphatic hydroxyl groups excluding tert-OH is 1. The van der Waals surface area contributed by atoms with Crippen LogP contribution in [-0.2, 0) is 75.2 Å². The fraction of sp³-hybridized carbons (Fsp3) is 0.684. The molecule has 106 heavy (non-hydrogen) atoms. The molecule has 0 saturated carbocycles. The lowest BCUT2D eigenvalue weighted by Crippen LogP contribution is -2.63. The molecule has 0 aromatic heterocycles. The quantitative estimate of drug-likeness (QED) is 0.0587. The number of piperidine rings is 1. The van der Waals surface area contributed by atoms with Gasteiger partial charge >= 0.3 is 0 Å². The number of rotatable bonds is 28. The fourth-order valence-electron chi connectivity index (χ4n) is 13.5. The number of carbonyl (C=O) groups is 13. The van der Waals surface area contributed by atoms with E-state index in [2.05, 4.69) is 37.2 Å². The summed E-state index contributed by atoms with van der Waals surface area (Å²) in [5, 5.41) is 31.1. The molecule has 8 N–H and O–H groups in total. The van der Waals surface area contributed by atoms with Gasteiger partial charge in [0.2, 0.25) is 76.8 Å². The van der Waals surface area contributed by atoms with Crippen molar-refractivity contribution in [2.75, 3.05) is 48.3 Å². The van der Waals surface area contributed by atoms with Gasteiger partial charge in [0.05, 0.1) is 12.5 Å². The van der Waals surface area contributed by atoms with Crippen molar-refractivity contribution in [1.29, 1.82) is 0 Å². The van der Waals surface area contributed by atoms with Crippen LogP contribution >= 0.6 is 0 Å². The third kappa shape index (κ3) is 25.3. The van der Waals surface area contributed by atoms with E-state index < -0.39 is 174 Å². The Labute approximate surface area is 629 Å². The molecule has 0 aliphatic carbocycles. The molecule has 2 aliphatic heterocycles. The van der Waals surface area contributed by atoms with Crippen molar-refractivity contribution in [3.63, 3.8) is 0 Å². The highest BCUT2D eigenvalue weighted by Gasteiger charge is 2.45. The minimum atomic E-state index is -1.85. The molecule has 13 amide bonds. The molecule has 2 heterocycles. The van der Waals surface area contributed by atoms with E-state index in [9.17, 15) is 48.3 Å². The number of amides is 13. The van der Waals surface area contributed by atoms with Crippen molar-refractivity contribution in [2.45, 2.75) is 260 Å². The van der Waals surface area contributed by atoms with Gasteiger partial charge in [-0.2, -0.15) is 0 Å². The fourth-order valence-corrected chi connectivity index (χ4v) is 13.5. The summed E-state index contributed by atoms with van der Waals surface area (Å²) in [5.41, 5.74) is 1.22. The number of carbonyl (C=O) groups excluding carboxylic acids is 13. The molecule has 2 aromatic carbocycles. The highest BCUT2D eigenvalue weighted by Crippen LogP contribution is 2.24. The minimum absolute atomic E-state index is 0.0118. The number of likely N-dealkylation sites (tertiary alicyclic amines) is 1. The Bertz CT molecular complexity index is 3290. The molecule has 2 aliphatic rings. The van der Waals surface area contributed by atoms with Crippen LogP contribution < -0.4 is 37.2 Å². The second-order valence-electron chi connectivity index (χ2n) is 31.5. The molecule has 2 aromatic rings. The predicted octanol–water partition coefficient (Wildman–Crippen LogP) is 4.36. The maximum absolute atomic E-state index is 15.8. The van der Waals surface area contributed by atoms with Gasteiger partial charge in [-0.15, -0.1) is 0 Å². The van der Waals surface area contributed by atoms with Crippen molar-refractivity contribution < 1.29 is 67.4 Å². The molecule has 27 heteroatoms. The van der Waals surface area contributed by atoms with Gasteiger partial charge in [0.1, 0.15) is 72.5 Å². The van der Waals surface area contributed by atoms with E-state index in [-0.39, 0.29) is 68.1 Å². The van der Waals surface area contributed by atoms with Crippen LogP contribution in [0.25, 0.3) is 0 Å². The molecule has 0 unspecified atom stereocenters. The standard InChI is InChI=1S/C79H127N13O14/c1-22-50(13)65-73(100)81-56(44-62(94)80-52(15)74(101)87(17)57(39-45(3)4)68(95)83-64(49(11)12)77(104)90(20)60(42-54-33-27-24-28-34-54)71(98)82-63(48(9)10)72(99)84-65)75(102)91(21)61(43-55-35-29-25-30-36-55)76(103)88(18)58(40-46(5)6)70(97)86-67(53(16)93)78(105)89(19)59(41-47(7)8)69(96)85-66(51(14)23-2)79(106)92-37-31-26-32-38-92/h24-25,27-30,33-36,45-53,56-61,63-67,93H,22-23,26,31-32,37-44H2,1-21H3,(H,80,94)(H,81,100)(H,82,98)(H,83,95)(H,84,99)(H,85,96)(H,86,97)/t50-,51-,52-,53+,56-,57-,58-,59-,60-,61-,63-,64-,65-,66-,67-/m0/s1. The Morgan fingerprint density at radius 3 is 1.49 bits per heavy atom. The van der Waals surface area contributed by atoms with E-state index >= 15 is 19.2 Å². The van der Waals surface area contributed by atoms with Crippen LogP contribution in [0.1, 0.15) is 180 Å².